The van der Waals surface area contributed by atoms with Crippen LogP contribution in [-0.4, -0.2) is 28.6 Å². The van der Waals surface area contributed by atoms with E-state index in [9.17, 15) is 19.1 Å². The van der Waals surface area contributed by atoms with Gasteiger partial charge in [0, 0.05) is 18.0 Å². The second-order valence-corrected chi connectivity index (χ2v) is 6.69. The Balaban J connectivity index is 2.04. The molecule has 0 saturated carbocycles. The Morgan fingerprint density at radius 2 is 2.08 bits per heavy atom. The Morgan fingerprint density at radius 1 is 1.40 bits per heavy atom. The summed E-state index contributed by atoms with van der Waals surface area (Å²) in [5.41, 5.74) is 1.03. The predicted molar refractivity (Wildman–Crippen MR) is 92.4 cm³/mol. The zero-order valence-electron chi connectivity index (χ0n) is 13.3. The normalized spacial score (nSPS) is 16.5. The maximum atomic E-state index is 14.6. The molecule has 3 rings (SSSR count). The van der Waals surface area contributed by atoms with Gasteiger partial charge in [-0.2, -0.15) is 0 Å². The summed E-state index contributed by atoms with van der Waals surface area (Å²) in [7, 11) is 0. The molecule has 1 unspecified atom stereocenters. The van der Waals surface area contributed by atoms with Crippen molar-refractivity contribution >= 4 is 27.9 Å². The van der Waals surface area contributed by atoms with Gasteiger partial charge in [-0.25, -0.2) is 14.1 Å². The first kappa shape index (κ1) is 17.4. The SMILES string of the molecule is CC1CN(C(=O)O)C(=O)c2c(OCc3ccccc3)cc(Br)c(F)c21. The van der Waals surface area contributed by atoms with Crippen LogP contribution >= 0.6 is 15.9 Å². The molecule has 1 aliphatic rings. The van der Waals surface area contributed by atoms with E-state index in [1.165, 1.54) is 6.07 Å². The van der Waals surface area contributed by atoms with Gasteiger partial charge in [0.15, 0.2) is 0 Å². The largest absolute Gasteiger partial charge is 0.488 e. The van der Waals surface area contributed by atoms with Crippen molar-refractivity contribution in [1.82, 2.24) is 4.90 Å². The van der Waals surface area contributed by atoms with Crippen LogP contribution in [0.25, 0.3) is 0 Å². The number of amides is 2. The van der Waals surface area contributed by atoms with Gasteiger partial charge in [-0.1, -0.05) is 37.3 Å². The first-order valence-corrected chi connectivity index (χ1v) is 8.42. The van der Waals surface area contributed by atoms with Gasteiger partial charge in [0.05, 0.1) is 10.0 Å². The molecule has 2 amide bonds. The van der Waals surface area contributed by atoms with Crippen molar-refractivity contribution in [3.63, 3.8) is 0 Å². The molecule has 1 atom stereocenters. The number of carbonyl (C=O) groups is 2. The third-order valence-corrected chi connectivity index (χ3v) is 4.67. The van der Waals surface area contributed by atoms with E-state index in [0.717, 1.165) is 5.56 Å². The fraction of sp³-hybridized carbons (Fsp3) is 0.222. The minimum Gasteiger partial charge on any atom is -0.488 e. The van der Waals surface area contributed by atoms with Crippen molar-refractivity contribution in [3.8, 4) is 5.75 Å². The average Bonchev–Trinajstić information content (AvgIpc) is 2.59. The lowest BCUT2D eigenvalue weighted by molar-refractivity contribution is 0.0704. The van der Waals surface area contributed by atoms with Gasteiger partial charge in [-0.05, 0) is 27.6 Å². The Hall–Kier alpha value is -2.41. The fourth-order valence-corrected chi connectivity index (χ4v) is 3.32. The van der Waals surface area contributed by atoms with Crippen LogP contribution in [0.4, 0.5) is 9.18 Å². The number of carbonyl (C=O) groups excluding carboxylic acids is 1. The molecule has 0 aliphatic carbocycles. The highest BCUT2D eigenvalue weighted by Crippen LogP contribution is 2.39. The van der Waals surface area contributed by atoms with Crippen molar-refractivity contribution in [1.29, 1.82) is 0 Å². The van der Waals surface area contributed by atoms with Crippen LogP contribution < -0.4 is 4.74 Å². The van der Waals surface area contributed by atoms with Gasteiger partial charge < -0.3 is 9.84 Å². The number of hydrogen-bond donors (Lipinski definition) is 1. The quantitative estimate of drug-likeness (QED) is 0.818. The Bertz CT molecular complexity index is 841. The van der Waals surface area contributed by atoms with Crippen molar-refractivity contribution < 1.29 is 23.8 Å². The van der Waals surface area contributed by atoms with Gasteiger partial charge in [-0.15, -0.1) is 0 Å². The molecule has 1 heterocycles. The molecule has 2 aromatic rings. The smallest absolute Gasteiger partial charge is 0.414 e. The second-order valence-electron chi connectivity index (χ2n) is 5.83. The molecular weight excluding hydrogens is 393 g/mol. The van der Waals surface area contributed by atoms with Crippen LogP contribution in [0.5, 0.6) is 5.75 Å². The average molecular weight is 408 g/mol. The zero-order valence-corrected chi connectivity index (χ0v) is 14.9. The summed E-state index contributed by atoms with van der Waals surface area (Å²) in [6.45, 7) is 1.77. The lowest BCUT2D eigenvalue weighted by Crippen LogP contribution is -2.43. The number of benzene rings is 2. The van der Waals surface area contributed by atoms with Crippen LogP contribution in [0.3, 0.4) is 0 Å². The molecule has 7 heteroatoms. The van der Waals surface area contributed by atoms with E-state index in [4.69, 9.17) is 4.74 Å². The molecule has 130 valence electrons. The molecule has 25 heavy (non-hydrogen) atoms. The summed E-state index contributed by atoms with van der Waals surface area (Å²) in [6.07, 6.45) is -1.36. The van der Waals surface area contributed by atoms with Gasteiger partial charge >= 0.3 is 6.09 Å². The molecule has 2 aromatic carbocycles. The number of halogens is 2. The number of nitrogens with zero attached hydrogens (tertiary/aromatic N) is 1. The van der Waals surface area contributed by atoms with E-state index in [2.05, 4.69) is 15.9 Å². The van der Waals surface area contributed by atoms with Crippen LogP contribution in [0.15, 0.2) is 40.9 Å². The molecule has 5 nitrogen and oxygen atoms in total. The molecule has 0 bridgehead atoms. The number of rotatable bonds is 3. The zero-order chi connectivity index (χ0) is 18.1. The van der Waals surface area contributed by atoms with E-state index in [1.54, 1.807) is 6.92 Å². The number of carboxylic acid groups (broad SMARTS) is 1. The Labute approximate surface area is 152 Å². The van der Waals surface area contributed by atoms with Crippen LogP contribution in [0, 0.1) is 5.82 Å². The highest BCUT2D eigenvalue weighted by molar-refractivity contribution is 9.10. The summed E-state index contributed by atoms with van der Waals surface area (Å²) in [6, 6.07) is 10.7. The van der Waals surface area contributed by atoms with Gasteiger partial charge in [-0.3, -0.25) is 4.79 Å². The van der Waals surface area contributed by atoms with Crippen LogP contribution in [0.1, 0.15) is 34.3 Å². The van der Waals surface area contributed by atoms with Crippen molar-refractivity contribution in [2.24, 2.45) is 0 Å². The molecular formula is C18H15BrFNO4. The minimum atomic E-state index is -1.36. The molecule has 1 N–H and O–H groups in total. The number of ether oxygens (including phenoxy) is 1. The fourth-order valence-electron chi connectivity index (χ4n) is 2.90. The van der Waals surface area contributed by atoms with Crippen LogP contribution in [-0.2, 0) is 6.61 Å². The summed E-state index contributed by atoms with van der Waals surface area (Å²) >= 11 is 3.15. The van der Waals surface area contributed by atoms with Crippen LogP contribution in [0.2, 0.25) is 0 Å². The summed E-state index contributed by atoms with van der Waals surface area (Å²) < 4.78 is 20.5. The second kappa shape index (κ2) is 6.84. The monoisotopic (exact) mass is 407 g/mol. The predicted octanol–water partition coefficient (Wildman–Crippen LogP) is 4.40. The number of hydrogen-bond acceptors (Lipinski definition) is 3. The third kappa shape index (κ3) is 3.24. The molecule has 0 radical (unpaired) electrons. The van der Waals surface area contributed by atoms with Crippen molar-refractivity contribution in [2.75, 3.05) is 6.54 Å². The van der Waals surface area contributed by atoms with Crippen molar-refractivity contribution in [3.05, 3.63) is 63.4 Å². The standard InChI is InChI=1S/C18H15BrFNO4/c1-10-8-21(18(23)24)17(22)15-13(7-12(19)16(20)14(10)15)25-9-11-5-3-2-4-6-11/h2-7,10H,8-9H2,1H3,(H,23,24). The molecule has 0 fully saturated rings. The van der Waals surface area contributed by atoms with E-state index in [-0.39, 0.29) is 34.5 Å². The van der Waals surface area contributed by atoms with E-state index in [1.807, 2.05) is 30.3 Å². The third-order valence-electron chi connectivity index (χ3n) is 4.10. The molecule has 0 spiro atoms. The van der Waals surface area contributed by atoms with Gasteiger partial charge in [0.2, 0.25) is 0 Å². The highest BCUT2D eigenvalue weighted by atomic mass is 79.9. The Kier molecular flexibility index (Phi) is 4.76. The molecule has 0 saturated heterocycles. The lowest BCUT2D eigenvalue weighted by Gasteiger charge is -2.31. The maximum Gasteiger partial charge on any atom is 0.414 e. The number of fused-ring (bicyclic) bond motifs is 1. The van der Waals surface area contributed by atoms with Gasteiger partial charge in [0.25, 0.3) is 5.91 Å². The van der Waals surface area contributed by atoms with Crippen molar-refractivity contribution in [2.45, 2.75) is 19.4 Å². The molecule has 1 aliphatic heterocycles. The summed E-state index contributed by atoms with van der Waals surface area (Å²) in [5.74, 6) is -1.64. The van der Waals surface area contributed by atoms with Gasteiger partial charge in [0.1, 0.15) is 18.2 Å². The van der Waals surface area contributed by atoms with E-state index in [0.29, 0.717) is 4.90 Å². The van der Waals surface area contributed by atoms with E-state index >= 15 is 0 Å². The summed E-state index contributed by atoms with van der Waals surface area (Å²) in [4.78, 5) is 24.6. The maximum absolute atomic E-state index is 14.6. The first-order valence-electron chi connectivity index (χ1n) is 7.63. The molecule has 0 aromatic heterocycles. The first-order chi connectivity index (χ1) is 11.9. The summed E-state index contributed by atoms with van der Waals surface area (Å²) in [5, 5.41) is 9.24. The topological polar surface area (TPSA) is 66.8 Å². The van der Waals surface area contributed by atoms with E-state index < -0.39 is 23.7 Å². The lowest BCUT2D eigenvalue weighted by atomic mass is 9.89. The minimum absolute atomic E-state index is 0.0298. The Morgan fingerprint density at radius 3 is 2.72 bits per heavy atom. The number of imide groups is 1. The highest BCUT2D eigenvalue weighted by Gasteiger charge is 2.38.